The van der Waals surface area contributed by atoms with Crippen LogP contribution in [0.15, 0.2) is 28.9 Å². The summed E-state index contributed by atoms with van der Waals surface area (Å²) in [6, 6.07) is 5.01. The van der Waals surface area contributed by atoms with E-state index in [0.717, 1.165) is 49.3 Å². The number of carbonyl (C=O) groups is 1. The van der Waals surface area contributed by atoms with Gasteiger partial charge in [0.2, 0.25) is 0 Å². The minimum absolute atomic E-state index is 0.304. The van der Waals surface area contributed by atoms with E-state index in [0.29, 0.717) is 5.56 Å². The zero-order valence-corrected chi connectivity index (χ0v) is 11.5. The highest BCUT2D eigenvalue weighted by molar-refractivity contribution is 5.93. The van der Waals surface area contributed by atoms with Gasteiger partial charge in [0.1, 0.15) is 5.58 Å². The van der Waals surface area contributed by atoms with Crippen molar-refractivity contribution in [2.24, 2.45) is 0 Å². The molecule has 0 bridgehead atoms. The Morgan fingerprint density at radius 1 is 1.30 bits per heavy atom. The standard InChI is InChI=1S/C15H18N2O3/c1-16-4-6-17(7-5-16)9-12-10-20-14-3-2-11(15(18)19)8-13(12)14/h2-3,8,10H,4-7,9H2,1H3,(H,18,19). The van der Waals surface area contributed by atoms with Gasteiger partial charge in [-0.15, -0.1) is 0 Å². The number of carboxylic acid groups (broad SMARTS) is 1. The van der Waals surface area contributed by atoms with E-state index in [4.69, 9.17) is 9.52 Å². The van der Waals surface area contributed by atoms with Crippen molar-refractivity contribution in [3.05, 3.63) is 35.6 Å². The van der Waals surface area contributed by atoms with Crippen LogP contribution in [0.2, 0.25) is 0 Å². The van der Waals surface area contributed by atoms with Gasteiger partial charge in [0.15, 0.2) is 0 Å². The van der Waals surface area contributed by atoms with Crippen LogP contribution in [-0.4, -0.2) is 54.1 Å². The number of furan rings is 1. The lowest BCUT2D eigenvalue weighted by Crippen LogP contribution is -2.43. The average molecular weight is 274 g/mol. The minimum atomic E-state index is -0.904. The molecule has 0 amide bonds. The molecule has 0 saturated carbocycles. The molecule has 0 atom stereocenters. The summed E-state index contributed by atoms with van der Waals surface area (Å²) in [5.41, 5.74) is 2.12. The Hall–Kier alpha value is -1.85. The molecule has 2 heterocycles. The molecule has 1 aromatic heterocycles. The van der Waals surface area contributed by atoms with E-state index in [2.05, 4.69) is 16.8 Å². The summed E-state index contributed by atoms with van der Waals surface area (Å²) in [7, 11) is 2.13. The SMILES string of the molecule is CN1CCN(Cc2coc3ccc(C(=O)O)cc23)CC1. The van der Waals surface area contributed by atoms with Gasteiger partial charge < -0.3 is 14.4 Å². The van der Waals surface area contributed by atoms with Crippen LogP contribution in [-0.2, 0) is 6.54 Å². The van der Waals surface area contributed by atoms with Crippen molar-refractivity contribution < 1.29 is 14.3 Å². The van der Waals surface area contributed by atoms with Crippen LogP contribution in [0.1, 0.15) is 15.9 Å². The molecule has 1 saturated heterocycles. The first-order chi connectivity index (χ1) is 9.63. The third-order valence-electron chi connectivity index (χ3n) is 3.89. The Morgan fingerprint density at radius 2 is 2.05 bits per heavy atom. The molecule has 1 N–H and O–H groups in total. The number of benzene rings is 1. The van der Waals surface area contributed by atoms with Crippen LogP contribution in [0.4, 0.5) is 0 Å². The van der Waals surface area contributed by atoms with Gasteiger partial charge in [-0.1, -0.05) is 0 Å². The van der Waals surface area contributed by atoms with Crippen LogP contribution < -0.4 is 0 Å². The van der Waals surface area contributed by atoms with E-state index in [-0.39, 0.29) is 0 Å². The number of fused-ring (bicyclic) bond motifs is 1. The Morgan fingerprint density at radius 3 is 2.75 bits per heavy atom. The summed E-state index contributed by atoms with van der Waals surface area (Å²) < 4.78 is 5.52. The van der Waals surface area contributed by atoms with Crippen molar-refractivity contribution in [1.29, 1.82) is 0 Å². The van der Waals surface area contributed by atoms with Gasteiger partial charge in [0, 0.05) is 43.7 Å². The second kappa shape index (κ2) is 5.26. The second-order valence-corrected chi connectivity index (χ2v) is 5.36. The van der Waals surface area contributed by atoms with E-state index in [1.165, 1.54) is 0 Å². The van der Waals surface area contributed by atoms with Gasteiger partial charge in [0.25, 0.3) is 0 Å². The Balaban J connectivity index is 1.84. The summed E-state index contributed by atoms with van der Waals surface area (Å²) >= 11 is 0. The summed E-state index contributed by atoms with van der Waals surface area (Å²) in [4.78, 5) is 15.7. The Kier molecular flexibility index (Phi) is 3.46. The van der Waals surface area contributed by atoms with Gasteiger partial charge >= 0.3 is 5.97 Å². The zero-order chi connectivity index (χ0) is 14.1. The molecule has 0 unspecified atom stereocenters. The number of aromatic carboxylic acids is 1. The molecule has 2 aromatic rings. The average Bonchev–Trinajstić information content (AvgIpc) is 2.84. The quantitative estimate of drug-likeness (QED) is 0.926. The molecule has 0 spiro atoms. The molecule has 0 radical (unpaired) electrons. The van der Waals surface area contributed by atoms with Crippen molar-refractivity contribution in [2.45, 2.75) is 6.54 Å². The lowest BCUT2D eigenvalue weighted by atomic mass is 10.1. The molecule has 106 valence electrons. The van der Waals surface area contributed by atoms with Crippen LogP contribution in [0.3, 0.4) is 0 Å². The highest BCUT2D eigenvalue weighted by atomic mass is 16.4. The largest absolute Gasteiger partial charge is 0.478 e. The molecule has 1 fully saturated rings. The van der Waals surface area contributed by atoms with Crippen LogP contribution in [0.5, 0.6) is 0 Å². The number of nitrogens with zero attached hydrogens (tertiary/aromatic N) is 2. The Labute approximate surface area is 117 Å². The summed E-state index contributed by atoms with van der Waals surface area (Å²) in [6.45, 7) is 5.00. The first-order valence-corrected chi connectivity index (χ1v) is 6.78. The van der Waals surface area contributed by atoms with Crippen molar-refractivity contribution in [2.75, 3.05) is 33.2 Å². The molecule has 0 aliphatic carbocycles. The predicted octanol–water partition coefficient (Wildman–Crippen LogP) is 1.88. The smallest absolute Gasteiger partial charge is 0.335 e. The maximum atomic E-state index is 11.1. The highest BCUT2D eigenvalue weighted by Crippen LogP contribution is 2.24. The normalized spacial score (nSPS) is 17.6. The molecular formula is C15H18N2O3. The summed E-state index contributed by atoms with van der Waals surface area (Å²) in [5.74, 6) is -0.904. The van der Waals surface area contributed by atoms with E-state index < -0.39 is 5.97 Å². The third-order valence-corrected chi connectivity index (χ3v) is 3.89. The molecule has 3 rings (SSSR count). The number of rotatable bonds is 3. The van der Waals surface area contributed by atoms with Gasteiger partial charge in [-0.2, -0.15) is 0 Å². The van der Waals surface area contributed by atoms with Crippen molar-refractivity contribution in [1.82, 2.24) is 9.80 Å². The predicted molar refractivity (Wildman–Crippen MR) is 75.9 cm³/mol. The van der Waals surface area contributed by atoms with Crippen LogP contribution in [0, 0.1) is 0 Å². The van der Waals surface area contributed by atoms with E-state index in [1.807, 2.05) is 0 Å². The summed E-state index contributed by atoms with van der Waals surface area (Å²) in [5, 5.41) is 9.98. The van der Waals surface area contributed by atoms with E-state index in [1.54, 1.807) is 24.5 Å². The maximum Gasteiger partial charge on any atom is 0.335 e. The van der Waals surface area contributed by atoms with Crippen molar-refractivity contribution in [3.63, 3.8) is 0 Å². The van der Waals surface area contributed by atoms with E-state index in [9.17, 15) is 4.79 Å². The fraction of sp³-hybridized carbons (Fsp3) is 0.400. The van der Waals surface area contributed by atoms with Gasteiger partial charge in [0.05, 0.1) is 11.8 Å². The molecule has 1 aliphatic rings. The number of likely N-dealkylation sites (N-methyl/N-ethyl adjacent to an activating group) is 1. The third kappa shape index (κ3) is 2.55. The number of hydrogen-bond acceptors (Lipinski definition) is 4. The first kappa shape index (κ1) is 13.1. The molecular weight excluding hydrogens is 256 g/mol. The second-order valence-electron chi connectivity index (χ2n) is 5.36. The molecule has 1 aliphatic heterocycles. The van der Waals surface area contributed by atoms with Gasteiger partial charge in [-0.3, -0.25) is 4.90 Å². The molecule has 1 aromatic carbocycles. The maximum absolute atomic E-state index is 11.1. The van der Waals surface area contributed by atoms with Crippen LogP contribution >= 0.6 is 0 Å². The first-order valence-electron chi connectivity index (χ1n) is 6.78. The van der Waals surface area contributed by atoms with E-state index >= 15 is 0 Å². The van der Waals surface area contributed by atoms with Crippen molar-refractivity contribution >= 4 is 16.9 Å². The molecule has 5 nitrogen and oxygen atoms in total. The topological polar surface area (TPSA) is 56.9 Å². The fourth-order valence-electron chi connectivity index (χ4n) is 2.58. The monoisotopic (exact) mass is 274 g/mol. The minimum Gasteiger partial charge on any atom is -0.478 e. The summed E-state index contributed by atoms with van der Waals surface area (Å²) in [6.07, 6.45) is 1.74. The molecule has 5 heteroatoms. The van der Waals surface area contributed by atoms with Gasteiger partial charge in [-0.05, 0) is 25.2 Å². The van der Waals surface area contributed by atoms with Crippen LogP contribution in [0.25, 0.3) is 11.0 Å². The lowest BCUT2D eigenvalue weighted by molar-refractivity contribution is 0.0697. The zero-order valence-electron chi connectivity index (χ0n) is 11.5. The van der Waals surface area contributed by atoms with Gasteiger partial charge in [-0.25, -0.2) is 4.79 Å². The number of hydrogen-bond donors (Lipinski definition) is 1. The lowest BCUT2D eigenvalue weighted by Gasteiger charge is -2.32. The highest BCUT2D eigenvalue weighted by Gasteiger charge is 2.17. The molecule has 20 heavy (non-hydrogen) atoms. The Bertz CT molecular complexity index is 627. The number of piperazine rings is 1. The number of carboxylic acids is 1. The van der Waals surface area contributed by atoms with Crippen molar-refractivity contribution in [3.8, 4) is 0 Å². The fourth-order valence-corrected chi connectivity index (χ4v) is 2.58.